The number of methoxy groups -OCH3 is 1. The predicted octanol–water partition coefficient (Wildman–Crippen LogP) is 3.35. The summed E-state index contributed by atoms with van der Waals surface area (Å²) in [6.07, 6.45) is 0.280. The van der Waals surface area contributed by atoms with Crippen LogP contribution in [0.4, 0.5) is 0 Å². The van der Waals surface area contributed by atoms with E-state index in [1.165, 1.54) is 14.0 Å². The second kappa shape index (κ2) is 11.3. The highest BCUT2D eigenvalue weighted by Gasteiger charge is 2.22. The number of esters is 1. The Morgan fingerprint density at radius 2 is 1.67 bits per heavy atom. The summed E-state index contributed by atoms with van der Waals surface area (Å²) in [6, 6.07) is 15.3. The second-order valence-corrected chi connectivity index (χ2v) is 7.87. The minimum Gasteiger partial charge on any atom is -0.467 e. The Kier molecular flexibility index (Phi) is 8.80. The maximum Gasteiger partial charge on any atom is 0.328 e. The molecule has 0 bridgehead atoms. The van der Waals surface area contributed by atoms with Gasteiger partial charge in [-0.2, -0.15) is 0 Å². The fourth-order valence-corrected chi connectivity index (χ4v) is 3.82. The fourth-order valence-electron chi connectivity index (χ4n) is 2.88. The lowest BCUT2D eigenvalue weighted by Crippen LogP contribution is -2.40. The van der Waals surface area contributed by atoms with Crippen LogP contribution in [0, 0.1) is 0 Å². The molecule has 0 fully saturated rings. The van der Waals surface area contributed by atoms with Crippen LogP contribution in [0.2, 0.25) is 0 Å². The van der Waals surface area contributed by atoms with Crippen LogP contribution >= 0.6 is 11.8 Å². The monoisotopic (exact) mass is 427 g/mol. The highest BCUT2D eigenvalue weighted by atomic mass is 32.2. The van der Waals surface area contributed by atoms with Gasteiger partial charge in [-0.1, -0.05) is 67.2 Å². The molecule has 0 aliphatic carbocycles. The molecule has 2 aromatic rings. The highest BCUT2D eigenvalue weighted by Crippen LogP contribution is 2.24. The molecule has 1 N–H and O–H groups in total. The summed E-state index contributed by atoms with van der Waals surface area (Å²) in [5, 5.41) is 2.45. The number of hydrogen-bond donors (Lipinski definition) is 1. The number of carbonyl (C=O) groups excluding carboxylic acids is 4. The van der Waals surface area contributed by atoms with Crippen molar-refractivity contribution >= 4 is 34.5 Å². The first-order valence-electron chi connectivity index (χ1n) is 9.54. The topological polar surface area (TPSA) is 89.5 Å². The number of rotatable bonds is 9. The van der Waals surface area contributed by atoms with Gasteiger partial charge in [-0.05, 0) is 18.1 Å². The van der Waals surface area contributed by atoms with E-state index in [-0.39, 0.29) is 23.2 Å². The van der Waals surface area contributed by atoms with Gasteiger partial charge in [0.25, 0.3) is 0 Å². The summed E-state index contributed by atoms with van der Waals surface area (Å²) in [4.78, 5) is 48.2. The summed E-state index contributed by atoms with van der Waals surface area (Å²) in [7, 11) is 1.25. The van der Waals surface area contributed by atoms with Crippen LogP contribution < -0.4 is 5.32 Å². The van der Waals surface area contributed by atoms with Crippen molar-refractivity contribution in [2.75, 3.05) is 12.9 Å². The van der Waals surface area contributed by atoms with E-state index in [0.717, 1.165) is 17.3 Å². The van der Waals surface area contributed by atoms with E-state index in [1.807, 2.05) is 24.3 Å². The lowest BCUT2D eigenvalue weighted by molar-refractivity contribution is -0.144. The average Bonchev–Trinajstić information content (AvgIpc) is 2.77. The molecule has 0 spiro atoms. The van der Waals surface area contributed by atoms with E-state index in [0.29, 0.717) is 16.9 Å². The summed E-state index contributed by atoms with van der Waals surface area (Å²) in [6.45, 7) is 3.10. The maximum atomic E-state index is 12.6. The first kappa shape index (κ1) is 23.3. The Morgan fingerprint density at radius 1 is 1.00 bits per heavy atom. The molecule has 2 aromatic carbocycles. The third-order valence-corrected chi connectivity index (χ3v) is 5.63. The zero-order chi connectivity index (χ0) is 22.1. The molecule has 0 saturated carbocycles. The van der Waals surface area contributed by atoms with Crippen molar-refractivity contribution in [3.05, 3.63) is 71.3 Å². The summed E-state index contributed by atoms with van der Waals surface area (Å²) in [5.74, 6) is -1.04. The quantitative estimate of drug-likeness (QED) is 0.488. The number of thioether (sulfide) groups is 1. The summed E-state index contributed by atoms with van der Waals surface area (Å²) < 4.78 is 4.68. The molecule has 1 amide bonds. The Hall–Kier alpha value is -2.93. The molecule has 2 unspecified atom stereocenters. The summed E-state index contributed by atoms with van der Waals surface area (Å²) in [5.41, 5.74) is 1.87. The molecule has 0 saturated heterocycles. The number of ketones is 1. The van der Waals surface area contributed by atoms with Crippen molar-refractivity contribution in [2.45, 2.75) is 32.2 Å². The van der Waals surface area contributed by atoms with E-state index in [1.54, 1.807) is 37.3 Å². The van der Waals surface area contributed by atoms with Crippen LogP contribution in [-0.2, 0) is 19.1 Å². The predicted molar refractivity (Wildman–Crippen MR) is 116 cm³/mol. The van der Waals surface area contributed by atoms with Crippen LogP contribution in [0.1, 0.15) is 47.7 Å². The van der Waals surface area contributed by atoms with Crippen molar-refractivity contribution < 1.29 is 23.9 Å². The largest absolute Gasteiger partial charge is 0.467 e. The lowest BCUT2D eigenvalue weighted by atomic mass is 9.96. The minimum atomic E-state index is -0.782. The van der Waals surface area contributed by atoms with E-state index in [2.05, 4.69) is 10.1 Å². The standard InChI is InChI=1S/C23H25NO5S/c1-15(23(28)30-13-12-20(22(27)29-3)24-16(2)25)18-10-7-11-19(14-18)21(26)17-8-5-4-6-9-17/h4-11,14-15,20H,12-13H2,1-3H3,(H,24,25). The van der Waals surface area contributed by atoms with E-state index in [9.17, 15) is 19.2 Å². The van der Waals surface area contributed by atoms with Gasteiger partial charge in [-0.15, -0.1) is 0 Å². The third-order valence-electron chi connectivity index (χ3n) is 4.55. The summed E-state index contributed by atoms with van der Waals surface area (Å²) >= 11 is 1.09. The van der Waals surface area contributed by atoms with Gasteiger partial charge in [-0.3, -0.25) is 14.4 Å². The van der Waals surface area contributed by atoms with Crippen molar-refractivity contribution in [3.63, 3.8) is 0 Å². The Labute approximate surface area is 180 Å². The Balaban J connectivity index is 2.00. The van der Waals surface area contributed by atoms with Crippen LogP contribution in [-0.4, -0.2) is 41.7 Å². The number of ether oxygens (including phenoxy) is 1. The third kappa shape index (κ3) is 6.56. The normalized spacial score (nSPS) is 12.5. The molecule has 0 radical (unpaired) electrons. The number of amides is 1. The molecular formula is C23H25NO5S. The van der Waals surface area contributed by atoms with Crippen LogP contribution in [0.15, 0.2) is 54.6 Å². The van der Waals surface area contributed by atoms with Crippen molar-refractivity contribution in [2.24, 2.45) is 0 Å². The first-order chi connectivity index (χ1) is 14.3. The van der Waals surface area contributed by atoms with Gasteiger partial charge < -0.3 is 10.1 Å². The average molecular weight is 428 g/mol. The molecular weight excluding hydrogens is 402 g/mol. The second-order valence-electron chi connectivity index (χ2n) is 6.77. The van der Waals surface area contributed by atoms with Crippen LogP contribution in [0.5, 0.6) is 0 Å². The molecule has 2 atom stereocenters. The molecule has 7 heteroatoms. The minimum absolute atomic E-state index is 0.0780. The van der Waals surface area contributed by atoms with Gasteiger partial charge in [0.05, 0.1) is 13.0 Å². The van der Waals surface area contributed by atoms with Gasteiger partial charge in [0.15, 0.2) is 10.9 Å². The zero-order valence-electron chi connectivity index (χ0n) is 17.2. The SMILES string of the molecule is COC(=O)C(CCSC(=O)C(C)c1cccc(C(=O)c2ccccc2)c1)NC(C)=O. The molecule has 158 valence electrons. The van der Waals surface area contributed by atoms with Gasteiger partial charge in [0.2, 0.25) is 5.91 Å². The maximum absolute atomic E-state index is 12.6. The molecule has 0 aliphatic rings. The number of benzene rings is 2. The van der Waals surface area contributed by atoms with E-state index in [4.69, 9.17) is 0 Å². The molecule has 6 nitrogen and oxygen atoms in total. The van der Waals surface area contributed by atoms with E-state index >= 15 is 0 Å². The lowest BCUT2D eigenvalue weighted by Gasteiger charge is -2.16. The van der Waals surface area contributed by atoms with Crippen molar-refractivity contribution in [1.82, 2.24) is 5.32 Å². The fraction of sp³-hybridized carbons (Fsp3) is 0.304. The molecule has 0 aliphatic heterocycles. The number of nitrogens with one attached hydrogen (secondary N) is 1. The van der Waals surface area contributed by atoms with Gasteiger partial charge in [-0.25, -0.2) is 4.79 Å². The van der Waals surface area contributed by atoms with Gasteiger partial charge in [0, 0.05) is 23.8 Å². The Morgan fingerprint density at radius 3 is 2.30 bits per heavy atom. The number of carbonyl (C=O) groups is 4. The Bertz CT molecular complexity index is 913. The highest BCUT2D eigenvalue weighted by molar-refractivity contribution is 8.13. The molecule has 0 heterocycles. The number of hydrogen-bond acceptors (Lipinski definition) is 6. The van der Waals surface area contributed by atoms with Gasteiger partial charge >= 0.3 is 5.97 Å². The van der Waals surface area contributed by atoms with Crippen molar-refractivity contribution in [3.8, 4) is 0 Å². The molecule has 0 aromatic heterocycles. The molecule has 30 heavy (non-hydrogen) atoms. The zero-order valence-corrected chi connectivity index (χ0v) is 18.0. The van der Waals surface area contributed by atoms with Crippen LogP contribution in [0.25, 0.3) is 0 Å². The van der Waals surface area contributed by atoms with Crippen LogP contribution in [0.3, 0.4) is 0 Å². The van der Waals surface area contributed by atoms with E-state index < -0.39 is 17.9 Å². The molecule has 2 rings (SSSR count). The smallest absolute Gasteiger partial charge is 0.328 e. The van der Waals surface area contributed by atoms with Crippen molar-refractivity contribution in [1.29, 1.82) is 0 Å². The van der Waals surface area contributed by atoms with Gasteiger partial charge in [0.1, 0.15) is 6.04 Å². The first-order valence-corrected chi connectivity index (χ1v) is 10.5.